The summed E-state index contributed by atoms with van der Waals surface area (Å²) in [4.78, 5) is 21.8. The van der Waals surface area contributed by atoms with Crippen molar-refractivity contribution in [2.24, 2.45) is 17.8 Å². The zero-order valence-electron chi connectivity index (χ0n) is 12.7. The highest BCUT2D eigenvalue weighted by atomic mass is 16.7. The van der Waals surface area contributed by atoms with Crippen LogP contribution in [0.25, 0.3) is 0 Å². The second-order valence-corrected chi connectivity index (χ2v) is 6.03. The number of nitro benzene ring substituents is 1. The van der Waals surface area contributed by atoms with E-state index in [-0.39, 0.29) is 11.4 Å². The van der Waals surface area contributed by atoms with Crippen LogP contribution in [0.2, 0.25) is 0 Å². The van der Waals surface area contributed by atoms with E-state index in [9.17, 15) is 14.9 Å². The van der Waals surface area contributed by atoms with Gasteiger partial charge in [0, 0.05) is 12.1 Å². The van der Waals surface area contributed by atoms with E-state index < -0.39 is 11.1 Å². The topological polar surface area (TPSA) is 78.7 Å². The number of ether oxygens (including phenoxy) is 2. The highest BCUT2D eigenvalue weighted by Crippen LogP contribution is 2.52. The van der Waals surface area contributed by atoms with Crippen molar-refractivity contribution in [3.05, 3.63) is 46.5 Å². The van der Waals surface area contributed by atoms with E-state index in [2.05, 4.69) is 12.2 Å². The first-order valence-electron chi connectivity index (χ1n) is 7.89. The Bertz CT molecular complexity index is 594. The van der Waals surface area contributed by atoms with Crippen LogP contribution in [0.5, 0.6) is 5.75 Å². The number of nitro groups is 1. The fourth-order valence-corrected chi connectivity index (χ4v) is 3.37. The van der Waals surface area contributed by atoms with Gasteiger partial charge in [0.2, 0.25) is 0 Å². The minimum Gasteiger partial charge on any atom is -0.434 e. The Hall–Kier alpha value is -2.37. The number of rotatable bonds is 4. The Morgan fingerprint density at radius 1 is 1.13 bits per heavy atom. The molecule has 2 atom stereocenters. The van der Waals surface area contributed by atoms with Crippen molar-refractivity contribution in [1.29, 1.82) is 0 Å². The fraction of sp³-hybridized carbons (Fsp3) is 0.471. The Morgan fingerprint density at radius 2 is 1.74 bits per heavy atom. The molecule has 0 amide bonds. The normalized spacial score (nSPS) is 27.0. The van der Waals surface area contributed by atoms with Crippen molar-refractivity contribution in [3.8, 4) is 5.75 Å². The van der Waals surface area contributed by atoms with E-state index in [1.807, 2.05) is 0 Å². The van der Waals surface area contributed by atoms with Gasteiger partial charge in [-0.1, -0.05) is 12.2 Å². The van der Waals surface area contributed by atoms with E-state index in [4.69, 9.17) is 9.47 Å². The second kappa shape index (κ2) is 6.81. The van der Waals surface area contributed by atoms with Crippen LogP contribution in [-0.2, 0) is 4.74 Å². The largest absolute Gasteiger partial charge is 0.513 e. The number of nitrogens with zero attached hydrogens (tertiary/aromatic N) is 1. The second-order valence-electron chi connectivity index (χ2n) is 6.03. The molecule has 6 heteroatoms. The number of allylic oxidation sites excluding steroid dienone is 2. The molecule has 1 aromatic carbocycles. The van der Waals surface area contributed by atoms with Gasteiger partial charge in [-0.3, -0.25) is 10.1 Å². The smallest absolute Gasteiger partial charge is 0.434 e. The van der Waals surface area contributed by atoms with Gasteiger partial charge >= 0.3 is 6.16 Å². The molecule has 23 heavy (non-hydrogen) atoms. The van der Waals surface area contributed by atoms with Crippen molar-refractivity contribution < 1.29 is 19.2 Å². The van der Waals surface area contributed by atoms with Crippen LogP contribution in [0.3, 0.4) is 0 Å². The molecule has 2 aliphatic carbocycles. The summed E-state index contributed by atoms with van der Waals surface area (Å²) in [6, 6.07) is 5.35. The summed E-state index contributed by atoms with van der Waals surface area (Å²) >= 11 is 0. The molecule has 1 fully saturated rings. The number of carbonyl (C=O) groups excluding carboxylic acids is 1. The summed E-state index contributed by atoms with van der Waals surface area (Å²) in [6.07, 6.45) is 8.23. The Balaban J connectivity index is 1.44. The van der Waals surface area contributed by atoms with Gasteiger partial charge in [0.15, 0.2) is 0 Å². The Kier molecular flexibility index (Phi) is 4.60. The molecule has 2 aliphatic rings. The maximum absolute atomic E-state index is 11.7. The summed E-state index contributed by atoms with van der Waals surface area (Å²) in [5, 5.41) is 10.6. The number of carbonyl (C=O) groups is 1. The zero-order chi connectivity index (χ0) is 16.2. The number of benzene rings is 1. The first kappa shape index (κ1) is 15.5. The van der Waals surface area contributed by atoms with Gasteiger partial charge in [0.05, 0.1) is 11.5 Å². The van der Waals surface area contributed by atoms with E-state index in [1.165, 1.54) is 24.3 Å². The highest BCUT2D eigenvalue weighted by molar-refractivity contribution is 5.64. The van der Waals surface area contributed by atoms with Gasteiger partial charge in [-0.05, 0) is 55.6 Å². The standard InChI is InChI=1S/C17H19NO5/c19-17(23-13-9-7-12(8-10-13)18(20)21)22-11-16-14-5-3-1-2-4-6-15(14)16/h1-2,7-10,14-16H,3-6,11H2/b2-1+. The summed E-state index contributed by atoms with van der Waals surface area (Å²) in [6.45, 7) is 0.390. The van der Waals surface area contributed by atoms with E-state index in [0.29, 0.717) is 24.4 Å². The minimum atomic E-state index is -0.753. The maximum atomic E-state index is 11.7. The van der Waals surface area contributed by atoms with Crippen molar-refractivity contribution in [2.75, 3.05) is 6.61 Å². The zero-order valence-corrected chi connectivity index (χ0v) is 12.7. The molecule has 0 bridgehead atoms. The van der Waals surface area contributed by atoms with E-state index in [1.54, 1.807) is 0 Å². The summed E-state index contributed by atoms with van der Waals surface area (Å²) in [5.41, 5.74) is -0.0477. The van der Waals surface area contributed by atoms with Gasteiger partial charge in [0.25, 0.3) is 5.69 Å². The van der Waals surface area contributed by atoms with Gasteiger partial charge in [-0.2, -0.15) is 0 Å². The van der Waals surface area contributed by atoms with Gasteiger partial charge in [-0.25, -0.2) is 4.79 Å². The lowest BCUT2D eigenvalue weighted by Crippen LogP contribution is -2.13. The summed E-state index contributed by atoms with van der Waals surface area (Å²) in [7, 11) is 0. The molecule has 2 unspecified atom stereocenters. The molecular formula is C17H19NO5. The molecule has 3 rings (SSSR count). The SMILES string of the molecule is O=C(OCC1C2CC/C=C/CCC21)Oc1ccc([N+](=O)[O-])cc1. The molecule has 0 N–H and O–H groups in total. The molecule has 0 spiro atoms. The van der Waals surface area contributed by atoms with Crippen LogP contribution < -0.4 is 4.74 Å². The van der Waals surface area contributed by atoms with Gasteiger partial charge in [0.1, 0.15) is 5.75 Å². The molecule has 0 aliphatic heterocycles. The van der Waals surface area contributed by atoms with Crippen LogP contribution in [0.15, 0.2) is 36.4 Å². The lowest BCUT2D eigenvalue weighted by molar-refractivity contribution is -0.384. The van der Waals surface area contributed by atoms with Crippen LogP contribution in [-0.4, -0.2) is 17.7 Å². The van der Waals surface area contributed by atoms with Crippen molar-refractivity contribution in [1.82, 2.24) is 0 Å². The molecule has 0 radical (unpaired) electrons. The molecule has 1 saturated carbocycles. The highest BCUT2D eigenvalue weighted by Gasteiger charge is 2.49. The number of hydrogen-bond acceptors (Lipinski definition) is 5. The van der Waals surface area contributed by atoms with E-state index in [0.717, 1.165) is 25.7 Å². The summed E-state index contributed by atoms with van der Waals surface area (Å²) < 4.78 is 10.2. The predicted molar refractivity (Wildman–Crippen MR) is 83.2 cm³/mol. The first-order chi connectivity index (χ1) is 11.1. The average molecular weight is 317 g/mol. The first-order valence-corrected chi connectivity index (χ1v) is 7.89. The van der Waals surface area contributed by atoms with Gasteiger partial charge < -0.3 is 9.47 Å². The predicted octanol–water partition coefficient (Wildman–Crippen LogP) is 4.10. The molecule has 6 nitrogen and oxygen atoms in total. The fourth-order valence-electron chi connectivity index (χ4n) is 3.37. The minimum absolute atomic E-state index is 0.0477. The molecule has 122 valence electrons. The van der Waals surface area contributed by atoms with Crippen molar-refractivity contribution in [2.45, 2.75) is 25.7 Å². The van der Waals surface area contributed by atoms with Crippen LogP contribution in [0, 0.1) is 27.9 Å². The summed E-state index contributed by atoms with van der Waals surface area (Å²) in [5.74, 6) is 2.00. The van der Waals surface area contributed by atoms with Crippen molar-refractivity contribution in [3.63, 3.8) is 0 Å². The third-order valence-electron chi connectivity index (χ3n) is 4.65. The lowest BCUT2D eigenvalue weighted by Gasteiger charge is -2.05. The van der Waals surface area contributed by atoms with Crippen molar-refractivity contribution >= 4 is 11.8 Å². The Morgan fingerprint density at radius 3 is 2.30 bits per heavy atom. The third-order valence-corrected chi connectivity index (χ3v) is 4.65. The van der Waals surface area contributed by atoms with Crippen LogP contribution >= 0.6 is 0 Å². The van der Waals surface area contributed by atoms with Crippen LogP contribution in [0.4, 0.5) is 10.5 Å². The molecular weight excluding hydrogens is 298 g/mol. The number of hydrogen-bond donors (Lipinski definition) is 0. The van der Waals surface area contributed by atoms with Crippen LogP contribution in [0.1, 0.15) is 25.7 Å². The number of non-ortho nitro benzene ring substituents is 1. The Labute approximate surface area is 134 Å². The molecule has 0 aromatic heterocycles. The quantitative estimate of drug-likeness (QED) is 0.274. The molecule has 0 heterocycles. The van der Waals surface area contributed by atoms with Gasteiger partial charge in [-0.15, -0.1) is 0 Å². The third kappa shape index (κ3) is 3.88. The maximum Gasteiger partial charge on any atom is 0.513 e. The molecule has 1 aromatic rings. The monoisotopic (exact) mass is 317 g/mol. The van der Waals surface area contributed by atoms with E-state index >= 15 is 0 Å². The lowest BCUT2D eigenvalue weighted by atomic mass is 10.1. The average Bonchev–Trinajstić information content (AvgIpc) is 3.15. The molecule has 0 saturated heterocycles. The number of fused-ring (bicyclic) bond motifs is 1.